The smallest absolute Gasteiger partial charge is 0.324 e. The molecular formula is C26H35N3O5. The number of rotatable bonds is 12. The number of unbranched alkanes of at least 4 members (excludes halogenated alkanes) is 2. The highest BCUT2D eigenvalue weighted by Gasteiger charge is 2.28. The van der Waals surface area contributed by atoms with Crippen LogP contribution in [0.4, 0.5) is 10.5 Å². The number of Topliss-reactive ketones (excluding diaryl/α,β-unsaturated/α-hetero) is 1. The zero-order valence-electron chi connectivity index (χ0n) is 20.3. The Labute approximate surface area is 201 Å². The molecule has 2 N–H and O–H groups in total. The van der Waals surface area contributed by atoms with E-state index in [1.165, 1.54) is 0 Å². The molecule has 8 nitrogen and oxygen atoms in total. The highest BCUT2D eigenvalue weighted by Crippen LogP contribution is 2.34. The molecule has 0 atom stereocenters. The van der Waals surface area contributed by atoms with Crippen LogP contribution >= 0.6 is 0 Å². The Morgan fingerprint density at radius 2 is 1.79 bits per heavy atom. The summed E-state index contributed by atoms with van der Waals surface area (Å²) in [5.74, 6) is 1.70. The lowest BCUT2D eigenvalue weighted by Crippen LogP contribution is -2.49. The number of ether oxygens (including phenoxy) is 3. The van der Waals surface area contributed by atoms with Crippen LogP contribution in [0.25, 0.3) is 0 Å². The highest BCUT2D eigenvalue weighted by molar-refractivity contribution is 5.98. The number of carbonyl (C=O) groups excluding carboxylic acids is 2. The van der Waals surface area contributed by atoms with Crippen molar-refractivity contribution >= 4 is 17.5 Å². The second-order valence-corrected chi connectivity index (χ2v) is 8.25. The van der Waals surface area contributed by atoms with E-state index in [0.29, 0.717) is 49.1 Å². The number of anilines is 1. The van der Waals surface area contributed by atoms with E-state index in [1.807, 2.05) is 24.3 Å². The van der Waals surface area contributed by atoms with Crippen molar-refractivity contribution in [3.63, 3.8) is 0 Å². The average molecular weight is 470 g/mol. The SMILES string of the molecule is CCCCCOc1cc(N2CCCN(Cc3ccc(C(=O)CN)cc3OC)C2=O)ccc1OC. The van der Waals surface area contributed by atoms with Crippen LogP contribution in [0.15, 0.2) is 36.4 Å². The first-order valence-corrected chi connectivity index (χ1v) is 11.8. The first-order valence-electron chi connectivity index (χ1n) is 11.8. The summed E-state index contributed by atoms with van der Waals surface area (Å²) in [4.78, 5) is 28.9. The number of hydrogen-bond acceptors (Lipinski definition) is 6. The normalized spacial score (nSPS) is 13.7. The summed E-state index contributed by atoms with van der Waals surface area (Å²) in [7, 11) is 3.17. The van der Waals surface area contributed by atoms with Crippen LogP contribution in [0.3, 0.4) is 0 Å². The molecular weight excluding hydrogens is 434 g/mol. The highest BCUT2D eigenvalue weighted by atomic mass is 16.5. The van der Waals surface area contributed by atoms with Gasteiger partial charge < -0.3 is 24.8 Å². The molecule has 184 valence electrons. The average Bonchev–Trinajstić information content (AvgIpc) is 2.87. The molecule has 0 unspecified atom stereocenters. The van der Waals surface area contributed by atoms with Gasteiger partial charge in [-0.05, 0) is 31.0 Å². The summed E-state index contributed by atoms with van der Waals surface area (Å²) >= 11 is 0. The first-order chi connectivity index (χ1) is 16.5. The third-order valence-electron chi connectivity index (χ3n) is 5.93. The molecule has 0 aromatic heterocycles. The van der Waals surface area contributed by atoms with E-state index in [-0.39, 0.29) is 18.4 Å². The molecule has 2 aromatic rings. The molecule has 2 amide bonds. The van der Waals surface area contributed by atoms with Crippen molar-refractivity contribution in [3.8, 4) is 17.2 Å². The Kier molecular flexibility index (Phi) is 9.16. The van der Waals surface area contributed by atoms with Gasteiger partial charge in [-0.2, -0.15) is 0 Å². The molecule has 1 aliphatic rings. The van der Waals surface area contributed by atoms with Crippen molar-refractivity contribution in [3.05, 3.63) is 47.5 Å². The van der Waals surface area contributed by atoms with Crippen molar-refractivity contribution in [2.24, 2.45) is 5.73 Å². The third-order valence-corrected chi connectivity index (χ3v) is 5.93. The molecule has 3 rings (SSSR count). The number of hydrogen-bond donors (Lipinski definition) is 1. The lowest BCUT2D eigenvalue weighted by Gasteiger charge is -2.36. The second kappa shape index (κ2) is 12.3. The Bertz CT molecular complexity index is 994. The monoisotopic (exact) mass is 469 g/mol. The molecule has 1 saturated heterocycles. The minimum absolute atomic E-state index is 0.0613. The van der Waals surface area contributed by atoms with Crippen molar-refractivity contribution in [2.75, 3.05) is 45.4 Å². The van der Waals surface area contributed by atoms with Gasteiger partial charge in [-0.25, -0.2) is 4.79 Å². The van der Waals surface area contributed by atoms with Crippen LogP contribution in [0.1, 0.15) is 48.5 Å². The predicted molar refractivity (Wildman–Crippen MR) is 132 cm³/mol. The minimum atomic E-state index is -0.155. The summed E-state index contributed by atoms with van der Waals surface area (Å²) < 4.78 is 16.9. The topological polar surface area (TPSA) is 94.3 Å². The standard InChI is InChI=1S/C26H35N3O5/c1-4-5-6-14-34-25-16-21(10-11-23(25)32-2)29-13-7-12-28(26(29)31)18-20-9-8-19(22(30)17-27)15-24(20)33-3/h8-11,15-16H,4-7,12-14,17-18,27H2,1-3H3. The minimum Gasteiger partial charge on any atom is -0.496 e. The molecule has 0 saturated carbocycles. The van der Waals surface area contributed by atoms with Gasteiger partial charge in [-0.15, -0.1) is 0 Å². The van der Waals surface area contributed by atoms with E-state index in [1.54, 1.807) is 36.2 Å². The molecule has 0 radical (unpaired) electrons. The van der Waals surface area contributed by atoms with Gasteiger partial charge in [0.25, 0.3) is 0 Å². The van der Waals surface area contributed by atoms with E-state index < -0.39 is 0 Å². The largest absolute Gasteiger partial charge is 0.496 e. The maximum atomic E-state index is 13.4. The van der Waals surface area contributed by atoms with Crippen LogP contribution in [-0.4, -0.2) is 57.2 Å². The summed E-state index contributed by atoms with van der Waals surface area (Å²) in [6.45, 7) is 4.34. The Morgan fingerprint density at radius 3 is 2.50 bits per heavy atom. The molecule has 8 heteroatoms. The lowest BCUT2D eigenvalue weighted by atomic mass is 10.1. The van der Waals surface area contributed by atoms with E-state index in [9.17, 15) is 9.59 Å². The van der Waals surface area contributed by atoms with Crippen molar-refractivity contribution in [1.29, 1.82) is 0 Å². The van der Waals surface area contributed by atoms with Gasteiger partial charge in [0.15, 0.2) is 17.3 Å². The molecule has 0 spiro atoms. The Balaban J connectivity index is 1.77. The number of carbonyl (C=O) groups is 2. The van der Waals surface area contributed by atoms with Gasteiger partial charge in [0.05, 0.1) is 33.9 Å². The summed E-state index contributed by atoms with van der Waals surface area (Å²) in [6.07, 6.45) is 4.02. The fraction of sp³-hybridized carbons (Fsp3) is 0.462. The van der Waals surface area contributed by atoms with Crippen LogP contribution in [0.2, 0.25) is 0 Å². The zero-order chi connectivity index (χ0) is 24.5. The van der Waals surface area contributed by atoms with Crippen molar-refractivity contribution in [1.82, 2.24) is 4.90 Å². The molecule has 1 heterocycles. The van der Waals surface area contributed by atoms with E-state index >= 15 is 0 Å². The molecule has 34 heavy (non-hydrogen) atoms. The maximum absolute atomic E-state index is 13.4. The van der Waals surface area contributed by atoms with E-state index in [0.717, 1.165) is 36.9 Å². The molecule has 0 bridgehead atoms. The van der Waals surface area contributed by atoms with Gasteiger partial charge in [-0.1, -0.05) is 31.9 Å². The summed E-state index contributed by atoms with van der Waals surface area (Å²) in [5, 5.41) is 0. The fourth-order valence-corrected chi connectivity index (χ4v) is 4.02. The van der Waals surface area contributed by atoms with Crippen molar-refractivity contribution in [2.45, 2.75) is 39.2 Å². The first kappa shape index (κ1) is 25.4. The van der Waals surface area contributed by atoms with Gasteiger partial charge in [0.2, 0.25) is 0 Å². The van der Waals surface area contributed by atoms with E-state index in [2.05, 4.69) is 6.92 Å². The Hall–Kier alpha value is -3.26. The molecule has 1 fully saturated rings. The number of urea groups is 1. The van der Waals surface area contributed by atoms with Crippen LogP contribution in [0, 0.1) is 0 Å². The maximum Gasteiger partial charge on any atom is 0.324 e. The predicted octanol–water partition coefficient (Wildman–Crippen LogP) is 4.25. The van der Waals surface area contributed by atoms with Crippen molar-refractivity contribution < 1.29 is 23.8 Å². The number of amides is 2. The van der Waals surface area contributed by atoms with Gasteiger partial charge in [0, 0.05) is 36.0 Å². The lowest BCUT2D eigenvalue weighted by molar-refractivity contribution is 0.100. The summed E-state index contributed by atoms with van der Waals surface area (Å²) in [6, 6.07) is 10.7. The van der Waals surface area contributed by atoms with Gasteiger partial charge in [-0.3, -0.25) is 9.69 Å². The third kappa shape index (κ3) is 5.99. The van der Waals surface area contributed by atoms with Crippen LogP contribution < -0.4 is 24.8 Å². The quantitative estimate of drug-likeness (QED) is 0.369. The van der Waals surface area contributed by atoms with Crippen LogP contribution in [-0.2, 0) is 6.54 Å². The number of methoxy groups -OCH3 is 2. The number of benzene rings is 2. The number of ketones is 1. The molecule has 2 aromatic carbocycles. The van der Waals surface area contributed by atoms with Crippen LogP contribution in [0.5, 0.6) is 17.2 Å². The number of nitrogens with two attached hydrogens (primary N) is 1. The van der Waals surface area contributed by atoms with E-state index in [4.69, 9.17) is 19.9 Å². The fourth-order valence-electron chi connectivity index (χ4n) is 4.02. The van der Waals surface area contributed by atoms with Gasteiger partial charge in [0.1, 0.15) is 5.75 Å². The molecule has 0 aliphatic carbocycles. The summed E-state index contributed by atoms with van der Waals surface area (Å²) in [5.41, 5.74) is 7.58. The zero-order valence-corrected chi connectivity index (χ0v) is 20.3. The second-order valence-electron chi connectivity index (χ2n) is 8.25. The Morgan fingerprint density at radius 1 is 1.00 bits per heavy atom. The number of nitrogens with zero attached hydrogens (tertiary/aromatic N) is 2. The molecule has 1 aliphatic heterocycles. The van der Waals surface area contributed by atoms with Gasteiger partial charge >= 0.3 is 6.03 Å².